The molecule has 0 aliphatic rings. The molecule has 0 saturated heterocycles. The van der Waals surface area contributed by atoms with Gasteiger partial charge in [0.2, 0.25) is 0 Å². The van der Waals surface area contributed by atoms with Crippen LogP contribution in [0.3, 0.4) is 0 Å². The predicted octanol–water partition coefficient (Wildman–Crippen LogP) is 9.95. The van der Waals surface area contributed by atoms with Crippen LogP contribution in [0.2, 0.25) is 0 Å². The molecule has 178 valence electrons. The third kappa shape index (κ3) is 11.1. The molecule has 0 radical (unpaired) electrons. The molecule has 1 aromatic rings. The fourth-order valence-corrected chi connectivity index (χ4v) is 4.32. The maximum absolute atomic E-state index is 4.43. The highest BCUT2D eigenvalue weighted by atomic mass is 31.0. The second kappa shape index (κ2) is 16.4. The van der Waals surface area contributed by atoms with Gasteiger partial charge in [-0.1, -0.05) is 114 Å². The van der Waals surface area contributed by atoms with E-state index < -0.39 is 0 Å². The van der Waals surface area contributed by atoms with Crippen LogP contribution in [0, 0.1) is 18.8 Å². The van der Waals surface area contributed by atoms with Crippen molar-refractivity contribution in [2.24, 2.45) is 11.8 Å². The zero-order valence-electron chi connectivity index (χ0n) is 22.1. The maximum atomic E-state index is 4.43. The van der Waals surface area contributed by atoms with Crippen molar-refractivity contribution in [3.63, 3.8) is 0 Å². The molecule has 3 unspecified atom stereocenters. The number of benzene rings is 1. The summed E-state index contributed by atoms with van der Waals surface area (Å²) >= 11 is 0. The zero-order valence-corrected chi connectivity index (χ0v) is 24.4. The predicted molar refractivity (Wildman–Crippen MR) is 157 cm³/mol. The van der Waals surface area contributed by atoms with Crippen molar-refractivity contribution in [2.75, 3.05) is 0 Å². The molecule has 0 spiro atoms. The van der Waals surface area contributed by atoms with E-state index in [0.717, 1.165) is 6.42 Å². The van der Waals surface area contributed by atoms with E-state index in [0.29, 0.717) is 17.5 Å². The quantitative estimate of drug-likeness (QED) is 0.249. The molecule has 0 fully saturated rings. The summed E-state index contributed by atoms with van der Waals surface area (Å²) in [6.45, 7) is 24.1. The van der Waals surface area contributed by atoms with Gasteiger partial charge in [-0.25, -0.2) is 0 Å². The van der Waals surface area contributed by atoms with Crippen molar-refractivity contribution in [3.05, 3.63) is 88.3 Å². The summed E-state index contributed by atoms with van der Waals surface area (Å²) in [7, 11) is 6.07. The van der Waals surface area contributed by atoms with E-state index in [1.165, 1.54) is 45.2 Å². The van der Waals surface area contributed by atoms with Gasteiger partial charge in [-0.05, 0) is 67.1 Å². The summed E-state index contributed by atoms with van der Waals surface area (Å²) in [5.41, 5.74) is 8.07. The lowest BCUT2D eigenvalue weighted by Gasteiger charge is -2.22. The minimum atomic E-state index is 0.323. The summed E-state index contributed by atoms with van der Waals surface area (Å²) in [5.74, 6) is 0.999. The average Bonchev–Trinajstić information content (AvgIpc) is 2.73. The van der Waals surface area contributed by atoms with Crippen LogP contribution in [0.1, 0.15) is 79.4 Å². The van der Waals surface area contributed by atoms with E-state index in [2.05, 4.69) is 136 Å². The van der Waals surface area contributed by atoms with Gasteiger partial charge < -0.3 is 0 Å². The Kier molecular flexibility index (Phi) is 15.8. The molecule has 1 aromatic carbocycles. The number of allylic oxidation sites excluding steroid dienone is 9. The first-order chi connectivity index (χ1) is 15.0. The van der Waals surface area contributed by atoms with Crippen LogP contribution in [-0.2, 0) is 0 Å². The van der Waals surface area contributed by atoms with Crippen molar-refractivity contribution in [1.82, 2.24) is 0 Å². The Bertz CT molecular complexity index is 832. The SMILES string of the molecule is C=C(/C(=C\C(P)=C(/CC(C)C)C(P)/C(C)=C/C=C\C)c1cccc(C)c1)C(C)C.CCC. The molecule has 0 heterocycles. The molecular formula is C30H48P2. The average molecular weight is 471 g/mol. The monoisotopic (exact) mass is 470 g/mol. The summed E-state index contributed by atoms with van der Waals surface area (Å²) in [6, 6.07) is 8.74. The molecule has 32 heavy (non-hydrogen) atoms. The fraction of sp³-hybridized carbons (Fsp3) is 0.467. The number of hydrogen-bond acceptors (Lipinski definition) is 0. The first-order valence-corrected chi connectivity index (χ1v) is 13.3. The minimum absolute atomic E-state index is 0.323. The van der Waals surface area contributed by atoms with Crippen molar-refractivity contribution < 1.29 is 0 Å². The molecule has 0 aliphatic heterocycles. The van der Waals surface area contributed by atoms with E-state index in [4.69, 9.17) is 0 Å². The summed E-state index contributed by atoms with van der Waals surface area (Å²) in [5, 5.41) is 1.27. The fourth-order valence-electron chi connectivity index (χ4n) is 3.22. The van der Waals surface area contributed by atoms with Gasteiger partial charge in [-0.3, -0.25) is 0 Å². The molecule has 0 N–H and O–H groups in total. The molecule has 0 nitrogen and oxygen atoms in total. The normalized spacial score (nSPS) is 14.4. The lowest BCUT2D eigenvalue weighted by atomic mass is 9.89. The highest BCUT2D eigenvalue weighted by Gasteiger charge is 2.17. The van der Waals surface area contributed by atoms with E-state index in [9.17, 15) is 0 Å². The number of aryl methyl sites for hydroxylation is 1. The molecule has 0 aliphatic carbocycles. The Morgan fingerprint density at radius 1 is 1.12 bits per heavy atom. The van der Waals surface area contributed by atoms with E-state index >= 15 is 0 Å². The van der Waals surface area contributed by atoms with Gasteiger partial charge in [-0.15, -0.1) is 18.5 Å². The van der Waals surface area contributed by atoms with Gasteiger partial charge in [0.15, 0.2) is 0 Å². The summed E-state index contributed by atoms with van der Waals surface area (Å²) in [4.78, 5) is 0. The van der Waals surface area contributed by atoms with Gasteiger partial charge in [0, 0.05) is 5.66 Å². The van der Waals surface area contributed by atoms with Crippen LogP contribution in [0.25, 0.3) is 5.57 Å². The van der Waals surface area contributed by atoms with Gasteiger partial charge in [0.1, 0.15) is 0 Å². The van der Waals surface area contributed by atoms with Crippen LogP contribution in [0.4, 0.5) is 0 Å². The zero-order chi connectivity index (χ0) is 24.8. The van der Waals surface area contributed by atoms with E-state index in [-0.39, 0.29) is 0 Å². The Balaban J connectivity index is 0.00000302. The molecule has 0 aromatic heterocycles. The van der Waals surface area contributed by atoms with Gasteiger partial charge >= 0.3 is 0 Å². The first kappa shape index (κ1) is 30.8. The van der Waals surface area contributed by atoms with Gasteiger partial charge in [0.05, 0.1) is 0 Å². The highest BCUT2D eigenvalue weighted by Crippen LogP contribution is 2.36. The summed E-state index contributed by atoms with van der Waals surface area (Å²) in [6.07, 6.45) is 11.1. The molecule has 3 atom stereocenters. The van der Waals surface area contributed by atoms with Crippen LogP contribution < -0.4 is 0 Å². The second-order valence-corrected chi connectivity index (χ2v) is 10.6. The smallest absolute Gasteiger partial charge is 0.0161 e. The van der Waals surface area contributed by atoms with Crippen LogP contribution in [-0.4, -0.2) is 5.66 Å². The Labute approximate surface area is 204 Å². The molecule has 0 amide bonds. The standard InChI is InChI=1S/C27H40P2.C3H8/c1-9-10-13-21(7)27(29)25(15-18(2)3)26(28)17-24(22(8)19(4)5)23-14-11-12-20(6)16-23;1-3-2/h9-14,16-19,27H,8,15,28-29H2,1-7H3;3H2,1-2H3/b10-9-,21-13+,24-17+,26-25-;. The number of rotatable bonds is 9. The third-order valence-electron chi connectivity index (χ3n) is 5.09. The van der Waals surface area contributed by atoms with Crippen molar-refractivity contribution in [2.45, 2.75) is 80.8 Å². The lowest BCUT2D eigenvalue weighted by Crippen LogP contribution is -2.09. The summed E-state index contributed by atoms with van der Waals surface area (Å²) < 4.78 is 0. The highest BCUT2D eigenvalue weighted by molar-refractivity contribution is 7.23. The molecular weight excluding hydrogens is 422 g/mol. The third-order valence-corrected chi connectivity index (χ3v) is 6.55. The van der Waals surface area contributed by atoms with Crippen molar-refractivity contribution in [3.8, 4) is 0 Å². The largest absolute Gasteiger partial charge is 0.126 e. The van der Waals surface area contributed by atoms with Crippen LogP contribution >= 0.6 is 18.5 Å². The van der Waals surface area contributed by atoms with E-state index in [1.54, 1.807) is 0 Å². The lowest BCUT2D eigenvalue weighted by molar-refractivity contribution is 0.634. The Hall–Kier alpha value is -1.22. The second-order valence-electron chi connectivity index (χ2n) is 9.31. The van der Waals surface area contributed by atoms with Gasteiger partial charge in [-0.2, -0.15) is 0 Å². The molecule has 0 saturated carbocycles. The van der Waals surface area contributed by atoms with Crippen LogP contribution in [0.5, 0.6) is 0 Å². The first-order valence-electron chi connectivity index (χ1n) is 12.0. The minimum Gasteiger partial charge on any atom is -0.126 e. The van der Waals surface area contributed by atoms with Crippen molar-refractivity contribution in [1.29, 1.82) is 0 Å². The molecule has 2 heteroatoms. The maximum Gasteiger partial charge on any atom is 0.0161 e. The Morgan fingerprint density at radius 3 is 2.19 bits per heavy atom. The Morgan fingerprint density at radius 2 is 1.72 bits per heavy atom. The molecule has 1 rings (SSSR count). The molecule has 0 bridgehead atoms. The van der Waals surface area contributed by atoms with Crippen LogP contribution in [0.15, 0.2) is 77.2 Å². The van der Waals surface area contributed by atoms with Crippen molar-refractivity contribution >= 4 is 24.1 Å². The number of hydrogen-bond donors (Lipinski definition) is 0. The van der Waals surface area contributed by atoms with Gasteiger partial charge in [0.25, 0.3) is 0 Å². The van der Waals surface area contributed by atoms with E-state index in [1.807, 2.05) is 0 Å². The topological polar surface area (TPSA) is 0 Å².